The smallest absolute Gasteiger partial charge is 0.259 e. The van der Waals surface area contributed by atoms with E-state index in [-0.39, 0.29) is 17.7 Å². The number of hydrogen-bond acceptors (Lipinski definition) is 4. The van der Waals surface area contributed by atoms with E-state index in [9.17, 15) is 9.59 Å². The van der Waals surface area contributed by atoms with Gasteiger partial charge in [0.2, 0.25) is 5.91 Å². The number of methoxy groups -OCH3 is 1. The molecule has 1 heterocycles. The van der Waals surface area contributed by atoms with E-state index in [2.05, 4.69) is 10.2 Å². The summed E-state index contributed by atoms with van der Waals surface area (Å²) in [6.45, 7) is 2.44. The summed E-state index contributed by atoms with van der Waals surface area (Å²) in [6, 6.07) is 12.7. The van der Waals surface area contributed by atoms with Crippen molar-refractivity contribution in [2.24, 2.45) is 11.7 Å². The summed E-state index contributed by atoms with van der Waals surface area (Å²) < 4.78 is 5.25. The first-order chi connectivity index (χ1) is 13.5. The van der Waals surface area contributed by atoms with E-state index in [1.807, 2.05) is 24.3 Å². The highest BCUT2D eigenvalue weighted by Crippen LogP contribution is 2.25. The maximum atomic E-state index is 12.6. The zero-order chi connectivity index (χ0) is 20.1. The number of nitrogens with two attached hydrogens (primary N) is 1. The molecule has 2 aromatic carbocycles. The minimum atomic E-state index is -0.257. The summed E-state index contributed by atoms with van der Waals surface area (Å²) in [6.07, 6.45) is 1.59. The Morgan fingerprint density at radius 2 is 1.96 bits per heavy atom. The molecule has 1 aliphatic heterocycles. The number of nitrogens with zero attached hydrogens (tertiary/aromatic N) is 1. The molecule has 2 amide bonds. The lowest BCUT2D eigenvalue weighted by molar-refractivity contribution is -0.123. The van der Waals surface area contributed by atoms with E-state index in [1.165, 1.54) is 7.11 Å². The van der Waals surface area contributed by atoms with Crippen molar-refractivity contribution in [3.05, 3.63) is 58.6 Å². The first-order valence-electron chi connectivity index (χ1n) is 9.22. The van der Waals surface area contributed by atoms with Crippen LogP contribution in [-0.2, 0) is 11.3 Å². The van der Waals surface area contributed by atoms with Gasteiger partial charge < -0.3 is 15.8 Å². The van der Waals surface area contributed by atoms with Gasteiger partial charge in [0.1, 0.15) is 5.75 Å². The van der Waals surface area contributed by atoms with Crippen LogP contribution in [0.25, 0.3) is 0 Å². The predicted molar refractivity (Wildman–Crippen MR) is 110 cm³/mol. The molecular formula is C21H24ClN3O3. The minimum Gasteiger partial charge on any atom is -0.496 e. The summed E-state index contributed by atoms with van der Waals surface area (Å²) in [5.41, 5.74) is 7.63. The number of primary amides is 1. The van der Waals surface area contributed by atoms with Crippen molar-refractivity contribution in [2.75, 3.05) is 25.5 Å². The molecule has 0 bridgehead atoms. The number of carbonyl (C=O) groups is 2. The Morgan fingerprint density at radius 3 is 2.64 bits per heavy atom. The molecule has 0 unspecified atom stereocenters. The highest BCUT2D eigenvalue weighted by molar-refractivity contribution is 6.31. The molecule has 3 rings (SSSR count). The van der Waals surface area contributed by atoms with Gasteiger partial charge in [-0.2, -0.15) is 0 Å². The van der Waals surface area contributed by atoms with Crippen LogP contribution in [0.5, 0.6) is 5.75 Å². The average Bonchev–Trinajstić information content (AvgIpc) is 2.68. The highest BCUT2D eigenvalue weighted by Gasteiger charge is 2.23. The fourth-order valence-corrected chi connectivity index (χ4v) is 3.59. The Balaban J connectivity index is 1.64. The first-order valence-corrected chi connectivity index (χ1v) is 9.59. The van der Waals surface area contributed by atoms with Crippen LogP contribution in [-0.4, -0.2) is 36.9 Å². The largest absolute Gasteiger partial charge is 0.496 e. The summed E-state index contributed by atoms with van der Waals surface area (Å²) >= 11 is 5.96. The lowest BCUT2D eigenvalue weighted by atomic mass is 9.96. The molecule has 28 heavy (non-hydrogen) atoms. The third-order valence-corrected chi connectivity index (χ3v) is 5.22. The van der Waals surface area contributed by atoms with Gasteiger partial charge in [-0.1, -0.05) is 23.7 Å². The molecular weight excluding hydrogens is 378 g/mol. The molecule has 0 atom stereocenters. The van der Waals surface area contributed by atoms with Crippen LogP contribution in [0, 0.1) is 5.92 Å². The van der Waals surface area contributed by atoms with Crippen molar-refractivity contribution in [1.82, 2.24) is 4.90 Å². The van der Waals surface area contributed by atoms with E-state index in [0.29, 0.717) is 22.0 Å². The van der Waals surface area contributed by atoms with Gasteiger partial charge in [0.25, 0.3) is 5.91 Å². The number of ether oxygens (including phenoxy) is 1. The molecule has 0 saturated carbocycles. The molecule has 1 aliphatic rings. The van der Waals surface area contributed by atoms with E-state index in [4.69, 9.17) is 22.1 Å². The number of anilines is 1. The molecule has 1 fully saturated rings. The van der Waals surface area contributed by atoms with Gasteiger partial charge >= 0.3 is 0 Å². The number of hydrogen-bond donors (Lipinski definition) is 2. The quantitative estimate of drug-likeness (QED) is 0.777. The van der Waals surface area contributed by atoms with Crippen LogP contribution < -0.4 is 15.8 Å². The number of piperidine rings is 1. The van der Waals surface area contributed by atoms with Gasteiger partial charge in [-0.25, -0.2) is 0 Å². The van der Waals surface area contributed by atoms with Crippen molar-refractivity contribution in [2.45, 2.75) is 19.4 Å². The van der Waals surface area contributed by atoms with E-state index < -0.39 is 0 Å². The predicted octanol–water partition coefficient (Wildman–Crippen LogP) is 3.30. The number of likely N-dealkylation sites (tertiary alicyclic amines) is 1. The zero-order valence-electron chi connectivity index (χ0n) is 15.8. The van der Waals surface area contributed by atoms with Crippen LogP contribution in [0.15, 0.2) is 42.5 Å². The van der Waals surface area contributed by atoms with E-state index >= 15 is 0 Å². The fourth-order valence-electron chi connectivity index (χ4n) is 3.43. The second-order valence-corrected chi connectivity index (χ2v) is 7.39. The Morgan fingerprint density at radius 1 is 1.21 bits per heavy atom. The maximum Gasteiger partial charge on any atom is 0.259 e. The summed E-state index contributed by atoms with van der Waals surface area (Å²) in [5.74, 6) is -0.0513. The lowest BCUT2D eigenvalue weighted by Gasteiger charge is -2.30. The molecule has 7 heteroatoms. The number of amides is 2. The second-order valence-electron chi connectivity index (χ2n) is 6.95. The fraction of sp³-hybridized carbons (Fsp3) is 0.333. The molecule has 148 valence electrons. The Hall–Kier alpha value is -2.57. The first kappa shape index (κ1) is 20.2. The highest BCUT2D eigenvalue weighted by atomic mass is 35.5. The monoisotopic (exact) mass is 401 g/mol. The summed E-state index contributed by atoms with van der Waals surface area (Å²) in [4.78, 5) is 26.2. The number of rotatable bonds is 6. The van der Waals surface area contributed by atoms with Gasteiger partial charge in [0.05, 0.1) is 12.7 Å². The molecule has 6 nitrogen and oxygen atoms in total. The lowest BCUT2D eigenvalue weighted by Crippen LogP contribution is -2.38. The minimum absolute atomic E-state index is 0.0174. The third-order valence-electron chi connectivity index (χ3n) is 4.99. The van der Waals surface area contributed by atoms with Gasteiger partial charge in [-0.3, -0.25) is 14.5 Å². The van der Waals surface area contributed by atoms with Crippen LogP contribution in [0.2, 0.25) is 5.02 Å². The number of benzene rings is 2. The van der Waals surface area contributed by atoms with Crippen molar-refractivity contribution in [1.29, 1.82) is 0 Å². The number of nitrogens with one attached hydrogen (secondary N) is 1. The van der Waals surface area contributed by atoms with Crippen molar-refractivity contribution in [3.63, 3.8) is 0 Å². The maximum absolute atomic E-state index is 12.6. The van der Waals surface area contributed by atoms with Crippen LogP contribution in [0.3, 0.4) is 0 Å². The summed E-state index contributed by atoms with van der Waals surface area (Å²) in [5, 5.41) is 3.42. The number of carbonyl (C=O) groups excluding carboxylic acids is 2. The SMILES string of the molecule is COc1cc(Cl)ccc1C(=O)Nc1cccc(CN2CCC(C(N)=O)CC2)c1. The van der Waals surface area contributed by atoms with Gasteiger partial charge in [0.15, 0.2) is 0 Å². The molecule has 3 N–H and O–H groups in total. The Kier molecular flexibility index (Phi) is 6.54. The molecule has 1 saturated heterocycles. The van der Waals surface area contributed by atoms with Gasteiger partial charge in [-0.15, -0.1) is 0 Å². The molecule has 0 aliphatic carbocycles. The molecule has 2 aromatic rings. The van der Waals surface area contributed by atoms with Crippen LogP contribution >= 0.6 is 11.6 Å². The Labute approximate surface area is 169 Å². The van der Waals surface area contributed by atoms with E-state index in [1.54, 1.807) is 18.2 Å². The number of halogens is 1. The molecule has 0 spiro atoms. The van der Waals surface area contributed by atoms with Crippen molar-refractivity contribution in [3.8, 4) is 5.75 Å². The Bertz CT molecular complexity index is 864. The van der Waals surface area contributed by atoms with Gasteiger partial charge in [0, 0.05) is 23.2 Å². The summed E-state index contributed by atoms with van der Waals surface area (Å²) in [7, 11) is 1.50. The van der Waals surface area contributed by atoms with Crippen molar-refractivity contribution >= 4 is 29.1 Å². The molecule has 0 radical (unpaired) electrons. The zero-order valence-corrected chi connectivity index (χ0v) is 16.5. The topological polar surface area (TPSA) is 84.7 Å². The van der Waals surface area contributed by atoms with Crippen molar-refractivity contribution < 1.29 is 14.3 Å². The van der Waals surface area contributed by atoms with Crippen LogP contribution in [0.1, 0.15) is 28.8 Å². The van der Waals surface area contributed by atoms with Gasteiger partial charge in [-0.05, 0) is 61.8 Å². The second kappa shape index (κ2) is 9.08. The standard InChI is InChI=1S/C21H24ClN3O3/c1-28-19-12-16(22)5-6-18(19)21(27)24-17-4-2-3-14(11-17)13-25-9-7-15(8-10-25)20(23)26/h2-6,11-12,15H,7-10,13H2,1H3,(H2,23,26)(H,24,27). The molecule has 0 aromatic heterocycles. The van der Waals surface area contributed by atoms with E-state index in [0.717, 1.165) is 38.0 Å². The third kappa shape index (κ3) is 5.03. The normalized spacial score (nSPS) is 15.2. The van der Waals surface area contributed by atoms with Crippen LogP contribution in [0.4, 0.5) is 5.69 Å². The average molecular weight is 402 g/mol.